The lowest BCUT2D eigenvalue weighted by atomic mass is 9.99. The highest BCUT2D eigenvalue weighted by molar-refractivity contribution is 5.90. The van der Waals surface area contributed by atoms with Gasteiger partial charge in [-0.15, -0.1) is 0 Å². The van der Waals surface area contributed by atoms with Crippen molar-refractivity contribution in [1.29, 1.82) is 0 Å². The van der Waals surface area contributed by atoms with E-state index in [9.17, 15) is 14.7 Å². The molecule has 0 aromatic heterocycles. The molecule has 1 aliphatic rings. The summed E-state index contributed by atoms with van der Waals surface area (Å²) in [7, 11) is 2.08. The zero-order valence-electron chi connectivity index (χ0n) is 23.4. The molecule has 0 unspecified atom stereocenters. The summed E-state index contributed by atoms with van der Waals surface area (Å²) in [5.41, 5.74) is 6.13. The van der Waals surface area contributed by atoms with E-state index < -0.39 is 12.2 Å². The monoisotopic (exact) mass is 561 g/mol. The van der Waals surface area contributed by atoms with Gasteiger partial charge in [0, 0.05) is 43.6 Å². The number of unbranched alkanes of at least 4 members (excludes halogenated alkanes) is 1. The van der Waals surface area contributed by atoms with Crippen LogP contribution in [0.3, 0.4) is 0 Å². The average molecular weight is 562 g/mol. The molecule has 9 heteroatoms. The van der Waals surface area contributed by atoms with Crippen LogP contribution in [0.5, 0.6) is 0 Å². The average Bonchev–Trinajstić information content (AvgIpc) is 2.99. The van der Waals surface area contributed by atoms with Crippen molar-refractivity contribution in [2.24, 2.45) is 0 Å². The summed E-state index contributed by atoms with van der Waals surface area (Å²) in [6.07, 6.45) is 1.22. The van der Waals surface area contributed by atoms with Crippen LogP contribution in [0.15, 0.2) is 78.9 Å². The van der Waals surface area contributed by atoms with E-state index >= 15 is 0 Å². The zero-order chi connectivity index (χ0) is 29.0. The van der Waals surface area contributed by atoms with Crippen LogP contribution in [0.4, 0.5) is 5.69 Å². The Bertz CT molecular complexity index is 1250. The second kappa shape index (κ2) is 15.4. The van der Waals surface area contributed by atoms with E-state index in [1.165, 1.54) is 5.56 Å². The van der Waals surface area contributed by atoms with Gasteiger partial charge in [0.15, 0.2) is 6.29 Å². The number of ether oxygens (including phenoxy) is 2. The quantitative estimate of drug-likeness (QED) is 0.134. The first kappa shape index (κ1) is 30.4. The van der Waals surface area contributed by atoms with Gasteiger partial charge in [-0.3, -0.25) is 19.7 Å². The van der Waals surface area contributed by atoms with Crippen molar-refractivity contribution < 1.29 is 29.4 Å². The van der Waals surface area contributed by atoms with Crippen molar-refractivity contribution in [2.75, 3.05) is 18.9 Å². The van der Waals surface area contributed by atoms with Gasteiger partial charge >= 0.3 is 0 Å². The molecule has 9 nitrogen and oxygen atoms in total. The molecule has 0 spiro atoms. The van der Waals surface area contributed by atoms with E-state index in [2.05, 4.69) is 29.4 Å². The SMILES string of the molecule is CN(Cc1ccccc1)C[C@H]1C[C@@H](c2ccc(CO)cc2)O[C@@H](c2cccc(NC(=O)CCCCC(=O)NO)c2)O1. The molecule has 3 atom stereocenters. The van der Waals surface area contributed by atoms with E-state index in [-0.39, 0.29) is 37.6 Å². The van der Waals surface area contributed by atoms with Crippen LogP contribution in [-0.2, 0) is 32.2 Å². The molecule has 0 radical (unpaired) electrons. The fourth-order valence-corrected chi connectivity index (χ4v) is 4.95. The first-order valence-electron chi connectivity index (χ1n) is 14.0. The third-order valence-electron chi connectivity index (χ3n) is 7.05. The van der Waals surface area contributed by atoms with E-state index in [1.54, 1.807) is 5.48 Å². The molecule has 41 heavy (non-hydrogen) atoms. The summed E-state index contributed by atoms with van der Waals surface area (Å²) < 4.78 is 12.9. The normalized spacial score (nSPS) is 18.7. The van der Waals surface area contributed by atoms with E-state index in [0.29, 0.717) is 31.5 Å². The largest absolute Gasteiger partial charge is 0.392 e. The Balaban J connectivity index is 1.44. The maximum Gasteiger partial charge on any atom is 0.243 e. The molecule has 4 N–H and O–H groups in total. The van der Waals surface area contributed by atoms with Crippen molar-refractivity contribution in [3.05, 3.63) is 101 Å². The van der Waals surface area contributed by atoms with E-state index in [4.69, 9.17) is 14.7 Å². The van der Waals surface area contributed by atoms with Crippen LogP contribution in [0, 0.1) is 0 Å². The summed E-state index contributed by atoms with van der Waals surface area (Å²) in [6.45, 7) is 1.50. The maximum absolute atomic E-state index is 12.5. The number of nitrogens with one attached hydrogen (secondary N) is 2. The molecule has 3 aromatic rings. The lowest BCUT2D eigenvalue weighted by molar-refractivity contribution is -0.252. The molecular formula is C32H39N3O6. The number of aliphatic hydroxyl groups is 1. The Morgan fingerprint density at radius 3 is 2.32 bits per heavy atom. The Hall–Kier alpha value is -3.60. The molecule has 2 amide bonds. The van der Waals surface area contributed by atoms with Crippen LogP contribution in [0.25, 0.3) is 0 Å². The molecule has 0 saturated carbocycles. The van der Waals surface area contributed by atoms with Crippen LogP contribution < -0.4 is 10.8 Å². The van der Waals surface area contributed by atoms with Gasteiger partial charge in [-0.1, -0.05) is 66.7 Å². The molecule has 3 aromatic carbocycles. The lowest BCUT2D eigenvalue weighted by Crippen LogP contribution is -2.37. The maximum atomic E-state index is 12.5. The van der Waals surface area contributed by atoms with Gasteiger partial charge in [-0.25, -0.2) is 5.48 Å². The predicted molar refractivity (Wildman–Crippen MR) is 155 cm³/mol. The summed E-state index contributed by atoms with van der Waals surface area (Å²) in [4.78, 5) is 25.9. The van der Waals surface area contributed by atoms with Crippen molar-refractivity contribution in [1.82, 2.24) is 10.4 Å². The summed E-state index contributed by atoms with van der Waals surface area (Å²) >= 11 is 0. The van der Waals surface area contributed by atoms with Crippen LogP contribution in [0.1, 0.15) is 66.8 Å². The lowest BCUT2D eigenvalue weighted by Gasteiger charge is -2.38. The van der Waals surface area contributed by atoms with E-state index in [1.807, 2.05) is 66.7 Å². The molecule has 0 aliphatic carbocycles. The Morgan fingerprint density at radius 1 is 0.878 bits per heavy atom. The van der Waals surface area contributed by atoms with Crippen molar-refractivity contribution in [3.63, 3.8) is 0 Å². The first-order chi connectivity index (χ1) is 19.9. The third-order valence-corrected chi connectivity index (χ3v) is 7.05. The Kier molecular flexibility index (Phi) is 11.4. The third kappa shape index (κ3) is 9.48. The van der Waals surface area contributed by atoms with Crippen LogP contribution >= 0.6 is 0 Å². The molecule has 218 valence electrons. The molecule has 1 fully saturated rings. The number of benzene rings is 3. The highest BCUT2D eigenvalue weighted by atomic mass is 16.7. The number of likely N-dealkylation sites (N-methyl/N-ethyl adjacent to an activating group) is 1. The molecule has 1 heterocycles. The summed E-state index contributed by atoms with van der Waals surface area (Å²) in [6, 6.07) is 25.6. The van der Waals surface area contributed by atoms with Crippen molar-refractivity contribution in [2.45, 2.75) is 63.8 Å². The number of amides is 2. The fraction of sp³-hybridized carbons (Fsp3) is 0.375. The fourth-order valence-electron chi connectivity index (χ4n) is 4.95. The van der Waals surface area contributed by atoms with Gasteiger partial charge in [0.05, 0.1) is 18.8 Å². The molecule has 0 bridgehead atoms. The number of hydrogen-bond acceptors (Lipinski definition) is 7. The topological polar surface area (TPSA) is 120 Å². The van der Waals surface area contributed by atoms with E-state index in [0.717, 1.165) is 23.2 Å². The number of hydrogen-bond donors (Lipinski definition) is 4. The Morgan fingerprint density at radius 2 is 1.61 bits per heavy atom. The van der Waals surface area contributed by atoms with Gasteiger partial charge < -0.3 is 19.9 Å². The zero-order valence-corrected chi connectivity index (χ0v) is 23.4. The minimum Gasteiger partial charge on any atom is -0.392 e. The van der Waals surface area contributed by atoms with Gasteiger partial charge in [0.1, 0.15) is 0 Å². The number of carbonyl (C=O) groups excluding carboxylic acids is 2. The standard InChI is InChI=1S/C32H39N3O6/c1-35(20-23-8-3-2-4-9-23)21-28-19-29(25-16-14-24(22-36)15-17-25)41-32(40-28)26-10-7-11-27(18-26)33-30(37)12-5-6-13-31(38)34-39/h2-4,7-11,14-18,28-29,32,36,39H,5-6,12-13,19-22H2,1H3,(H,33,37)(H,34,38)/t28-,29+,32+/m1/s1. The van der Waals surface area contributed by atoms with Gasteiger partial charge in [0.2, 0.25) is 11.8 Å². The predicted octanol–water partition coefficient (Wildman–Crippen LogP) is 4.86. The smallest absolute Gasteiger partial charge is 0.243 e. The number of rotatable bonds is 13. The van der Waals surface area contributed by atoms with Crippen molar-refractivity contribution >= 4 is 17.5 Å². The Labute approximate surface area is 241 Å². The van der Waals surface area contributed by atoms with Crippen LogP contribution in [-0.4, -0.2) is 46.7 Å². The molecular weight excluding hydrogens is 522 g/mol. The number of aliphatic hydroxyl groups excluding tert-OH is 1. The molecule has 4 rings (SSSR count). The number of anilines is 1. The van der Waals surface area contributed by atoms with Gasteiger partial charge in [0.25, 0.3) is 0 Å². The highest BCUT2D eigenvalue weighted by Crippen LogP contribution is 2.38. The van der Waals surface area contributed by atoms with Crippen LogP contribution in [0.2, 0.25) is 0 Å². The summed E-state index contributed by atoms with van der Waals surface area (Å²) in [5, 5.41) is 21.0. The number of hydroxylamine groups is 1. The first-order valence-corrected chi connectivity index (χ1v) is 14.0. The van der Waals surface area contributed by atoms with Gasteiger partial charge in [-0.2, -0.15) is 0 Å². The highest BCUT2D eigenvalue weighted by Gasteiger charge is 2.33. The van der Waals surface area contributed by atoms with Gasteiger partial charge in [-0.05, 0) is 48.7 Å². The van der Waals surface area contributed by atoms with Crippen molar-refractivity contribution in [3.8, 4) is 0 Å². The molecule has 1 aliphatic heterocycles. The number of carbonyl (C=O) groups is 2. The summed E-state index contributed by atoms with van der Waals surface area (Å²) in [5.74, 6) is -0.614. The minimum absolute atomic E-state index is 0.0129. The minimum atomic E-state index is -0.629. The second-order valence-electron chi connectivity index (χ2n) is 10.4. The number of nitrogens with zero attached hydrogens (tertiary/aromatic N) is 1. The molecule has 1 saturated heterocycles. The second-order valence-corrected chi connectivity index (χ2v) is 10.4.